The van der Waals surface area contributed by atoms with Gasteiger partial charge in [-0.2, -0.15) is 0 Å². The number of amides is 2. The fourth-order valence-corrected chi connectivity index (χ4v) is 4.14. The van der Waals surface area contributed by atoms with Crippen molar-refractivity contribution in [2.75, 3.05) is 15.4 Å². The molecular formula is C21H16Cl2FN3O4S. The highest BCUT2D eigenvalue weighted by Gasteiger charge is 2.17. The number of benzene rings is 3. The summed E-state index contributed by atoms with van der Waals surface area (Å²) >= 11 is 11.8. The Hall–Kier alpha value is -3.14. The monoisotopic (exact) mass is 495 g/mol. The van der Waals surface area contributed by atoms with Crippen molar-refractivity contribution in [3.8, 4) is 0 Å². The van der Waals surface area contributed by atoms with Crippen LogP contribution in [-0.2, 0) is 14.8 Å². The van der Waals surface area contributed by atoms with Gasteiger partial charge in [-0.15, -0.1) is 0 Å². The quantitative estimate of drug-likeness (QED) is 0.440. The van der Waals surface area contributed by atoms with E-state index in [2.05, 4.69) is 15.4 Å². The number of carbonyl (C=O) groups excluding carboxylic acids is 2. The van der Waals surface area contributed by atoms with Crippen molar-refractivity contribution in [1.29, 1.82) is 0 Å². The van der Waals surface area contributed by atoms with Crippen molar-refractivity contribution in [3.05, 3.63) is 82.1 Å². The SMILES string of the molecule is CC(=O)Nc1ccc(Cl)c(NC(=O)c2ccc(NS(=O)(=O)c3ccc(F)c(Cl)c3)cc2)c1. The molecule has 0 aliphatic rings. The Morgan fingerprint density at radius 2 is 1.50 bits per heavy atom. The molecule has 0 atom stereocenters. The molecule has 0 aliphatic carbocycles. The molecule has 3 aromatic carbocycles. The number of halogens is 3. The molecule has 0 spiro atoms. The third-order valence-corrected chi connectivity index (χ3v) is 6.13. The zero-order valence-corrected chi connectivity index (χ0v) is 18.8. The fraction of sp³-hybridized carbons (Fsp3) is 0.0476. The number of rotatable bonds is 6. The Morgan fingerprint density at radius 3 is 2.12 bits per heavy atom. The molecule has 0 bridgehead atoms. The van der Waals surface area contributed by atoms with Gasteiger partial charge in [0, 0.05) is 23.9 Å². The third kappa shape index (κ3) is 5.76. The molecule has 0 saturated heterocycles. The van der Waals surface area contributed by atoms with E-state index in [4.69, 9.17) is 23.2 Å². The molecule has 0 aliphatic heterocycles. The van der Waals surface area contributed by atoms with Gasteiger partial charge in [0.25, 0.3) is 15.9 Å². The summed E-state index contributed by atoms with van der Waals surface area (Å²) in [4.78, 5) is 23.5. The molecule has 0 unspecified atom stereocenters. The van der Waals surface area contributed by atoms with Crippen LogP contribution in [0.1, 0.15) is 17.3 Å². The fourth-order valence-electron chi connectivity index (χ4n) is 2.64. The van der Waals surface area contributed by atoms with Crippen LogP contribution in [0.2, 0.25) is 10.0 Å². The molecule has 0 heterocycles. The molecule has 3 N–H and O–H groups in total. The summed E-state index contributed by atoms with van der Waals surface area (Å²) in [6.45, 7) is 1.35. The average Bonchev–Trinajstić information content (AvgIpc) is 2.72. The van der Waals surface area contributed by atoms with Crippen LogP contribution >= 0.6 is 23.2 Å². The Kier molecular flexibility index (Phi) is 7.02. The Morgan fingerprint density at radius 1 is 0.844 bits per heavy atom. The summed E-state index contributed by atoms with van der Waals surface area (Å²) in [5, 5.41) is 5.18. The van der Waals surface area contributed by atoms with Gasteiger partial charge in [0.15, 0.2) is 0 Å². The van der Waals surface area contributed by atoms with Gasteiger partial charge in [0.05, 0.1) is 20.6 Å². The van der Waals surface area contributed by atoms with Crippen LogP contribution in [-0.4, -0.2) is 20.2 Å². The first kappa shape index (κ1) is 23.5. The van der Waals surface area contributed by atoms with Crippen LogP contribution < -0.4 is 15.4 Å². The van der Waals surface area contributed by atoms with Gasteiger partial charge in [-0.3, -0.25) is 14.3 Å². The lowest BCUT2D eigenvalue weighted by molar-refractivity contribution is -0.114. The molecule has 0 aromatic heterocycles. The second-order valence-corrected chi connectivity index (χ2v) is 9.09. The van der Waals surface area contributed by atoms with Gasteiger partial charge in [-0.05, 0) is 60.7 Å². The molecule has 11 heteroatoms. The van der Waals surface area contributed by atoms with Crippen molar-refractivity contribution in [2.45, 2.75) is 11.8 Å². The molecule has 3 rings (SSSR count). The maximum atomic E-state index is 13.3. The number of anilines is 3. The van der Waals surface area contributed by atoms with Crippen molar-refractivity contribution in [2.24, 2.45) is 0 Å². The van der Waals surface area contributed by atoms with E-state index in [-0.39, 0.29) is 32.1 Å². The first-order valence-electron chi connectivity index (χ1n) is 9.01. The van der Waals surface area contributed by atoms with E-state index in [1.807, 2.05) is 0 Å². The van der Waals surface area contributed by atoms with E-state index in [1.54, 1.807) is 6.07 Å². The Labute approximate surface area is 193 Å². The molecular weight excluding hydrogens is 480 g/mol. The molecule has 7 nitrogen and oxygen atoms in total. The molecule has 166 valence electrons. The van der Waals surface area contributed by atoms with E-state index in [0.29, 0.717) is 11.4 Å². The van der Waals surface area contributed by atoms with Crippen LogP contribution in [0.5, 0.6) is 0 Å². The van der Waals surface area contributed by atoms with E-state index < -0.39 is 21.7 Å². The number of carbonyl (C=O) groups is 2. The summed E-state index contributed by atoms with van der Waals surface area (Å²) in [5.41, 5.74) is 1.18. The minimum atomic E-state index is -4.01. The van der Waals surface area contributed by atoms with Crippen LogP contribution in [0.3, 0.4) is 0 Å². The maximum absolute atomic E-state index is 13.3. The summed E-state index contributed by atoms with van der Waals surface area (Å²) in [6.07, 6.45) is 0. The van der Waals surface area contributed by atoms with Crippen molar-refractivity contribution in [3.63, 3.8) is 0 Å². The smallest absolute Gasteiger partial charge is 0.261 e. The lowest BCUT2D eigenvalue weighted by Gasteiger charge is -2.11. The van der Waals surface area contributed by atoms with Crippen LogP contribution in [0.4, 0.5) is 21.5 Å². The largest absolute Gasteiger partial charge is 0.326 e. The molecule has 32 heavy (non-hydrogen) atoms. The van der Waals surface area contributed by atoms with Crippen molar-refractivity contribution >= 4 is 62.1 Å². The summed E-state index contributed by atoms with van der Waals surface area (Å²) in [5.74, 6) is -1.50. The predicted octanol–water partition coefficient (Wildman–Crippen LogP) is 5.14. The minimum absolute atomic E-state index is 0.188. The molecule has 0 saturated carbocycles. The number of sulfonamides is 1. The Balaban J connectivity index is 1.73. The van der Waals surface area contributed by atoms with Gasteiger partial charge in [0.1, 0.15) is 5.82 Å². The van der Waals surface area contributed by atoms with E-state index >= 15 is 0 Å². The minimum Gasteiger partial charge on any atom is -0.326 e. The van der Waals surface area contributed by atoms with Crippen LogP contribution in [0.25, 0.3) is 0 Å². The Bertz CT molecular complexity index is 1300. The predicted molar refractivity (Wildman–Crippen MR) is 122 cm³/mol. The zero-order valence-electron chi connectivity index (χ0n) is 16.4. The maximum Gasteiger partial charge on any atom is 0.261 e. The highest BCUT2D eigenvalue weighted by Crippen LogP contribution is 2.27. The van der Waals surface area contributed by atoms with E-state index in [0.717, 1.165) is 18.2 Å². The van der Waals surface area contributed by atoms with Crippen LogP contribution in [0.15, 0.2) is 65.6 Å². The third-order valence-electron chi connectivity index (χ3n) is 4.14. The standard InChI is InChI=1S/C21H16Cl2FN3O4S/c1-12(28)25-15-6-8-17(22)20(10-15)26-21(29)13-2-4-14(5-3-13)27-32(30,31)16-7-9-19(24)18(23)11-16/h2-11,27H,1H3,(H,25,28)(H,26,29). The molecule has 3 aromatic rings. The molecule has 0 radical (unpaired) electrons. The summed E-state index contributed by atoms with van der Waals surface area (Å²) in [6, 6.07) is 13.3. The van der Waals surface area contributed by atoms with Gasteiger partial charge in [0.2, 0.25) is 5.91 Å². The van der Waals surface area contributed by atoms with Gasteiger partial charge in [-0.1, -0.05) is 23.2 Å². The second kappa shape index (κ2) is 9.56. The zero-order chi connectivity index (χ0) is 23.5. The average molecular weight is 496 g/mol. The van der Waals surface area contributed by atoms with E-state index in [1.165, 1.54) is 43.3 Å². The van der Waals surface area contributed by atoms with Crippen molar-refractivity contribution < 1.29 is 22.4 Å². The second-order valence-electron chi connectivity index (χ2n) is 6.59. The van der Waals surface area contributed by atoms with Gasteiger partial charge in [-0.25, -0.2) is 12.8 Å². The van der Waals surface area contributed by atoms with Crippen LogP contribution in [0, 0.1) is 5.82 Å². The molecule has 2 amide bonds. The normalized spacial score (nSPS) is 11.0. The lowest BCUT2D eigenvalue weighted by atomic mass is 10.2. The van der Waals surface area contributed by atoms with Gasteiger partial charge < -0.3 is 10.6 Å². The summed E-state index contributed by atoms with van der Waals surface area (Å²) < 4.78 is 40.5. The first-order valence-corrected chi connectivity index (χ1v) is 11.3. The first-order chi connectivity index (χ1) is 15.0. The van der Waals surface area contributed by atoms with E-state index in [9.17, 15) is 22.4 Å². The van der Waals surface area contributed by atoms with Gasteiger partial charge >= 0.3 is 0 Å². The molecule has 0 fully saturated rings. The summed E-state index contributed by atoms with van der Waals surface area (Å²) in [7, 11) is -4.01. The topological polar surface area (TPSA) is 104 Å². The number of hydrogen-bond acceptors (Lipinski definition) is 4. The highest BCUT2D eigenvalue weighted by atomic mass is 35.5. The highest BCUT2D eigenvalue weighted by molar-refractivity contribution is 7.92. The van der Waals surface area contributed by atoms with Crippen molar-refractivity contribution in [1.82, 2.24) is 0 Å². The number of hydrogen-bond donors (Lipinski definition) is 3. The number of nitrogens with one attached hydrogen (secondary N) is 3. The lowest BCUT2D eigenvalue weighted by Crippen LogP contribution is -2.15.